The van der Waals surface area contributed by atoms with Crippen LogP contribution in [0.15, 0.2) is 24.4 Å². The van der Waals surface area contributed by atoms with E-state index >= 15 is 0 Å². The largest absolute Gasteiger partial charge is 0.294 e. The number of ketones is 1. The summed E-state index contributed by atoms with van der Waals surface area (Å²) < 4.78 is 0. The summed E-state index contributed by atoms with van der Waals surface area (Å²) in [4.78, 5) is 11.8. The van der Waals surface area contributed by atoms with Crippen molar-refractivity contribution in [1.29, 1.82) is 0 Å². The van der Waals surface area contributed by atoms with Gasteiger partial charge in [0.25, 0.3) is 0 Å². The minimum Gasteiger partial charge on any atom is -0.294 e. The molecule has 0 spiro atoms. The van der Waals surface area contributed by atoms with Crippen LogP contribution in [0.3, 0.4) is 0 Å². The Morgan fingerprint density at radius 1 is 1.31 bits per heavy atom. The molecule has 1 heterocycles. The Kier molecular flexibility index (Phi) is 3.22. The topological polar surface area (TPSA) is 58.6 Å². The first kappa shape index (κ1) is 11.1. The van der Waals surface area contributed by atoms with Gasteiger partial charge < -0.3 is 0 Å². The van der Waals surface area contributed by atoms with Crippen molar-refractivity contribution in [3.8, 4) is 0 Å². The van der Waals surface area contributed by atoms with Crippen molar-refractivity contribution in [3.05, 3.63) is 45.7 Å². The van der Waals surface area contributed by atoms with E-state index in [1.165, 1.54) is 0 Å². The Balaban J connectivity index is 2.18. The lowest BCUT2D eigenvalue weighted by molar-refractivity contribution is 0.0992. The number of aromatic amines is 1. The van der Waals surface area contributed by atoms with Gasteiger partial charge in [0.05, 0.1) is 22.2 Å². The number of hydrogen-bond acceptors (Lipinski definition) is 3. The molecule has 1 aromatic heterocycles. The monoisotopic (exact) mass is 255 g/mol. The molecule has 4 nitrogen and oxygen atoms in total. The molecule has 0 atom stereocenters. The smallest absolute Gasteiger partial charge is 0.168 e. The van der Waals surface area contributed by atoms with Crippen LogP contribution in [-0.4, -0.2) is 21.2 Å². The first-order valence-corrected chi connectivity index (χ1v) is 5.26. The van der Waals surface area contributed by atoms with Gasteiger partial charge in [-0.05, 0) is 18.2 Å². The number of H-pyrrole nitrogens is 1. The lowest BCUT2D eigenvalue weighted by Crippen LogP contribution is -2.03. The van der Waals surface area contributed by atoms with E-state index in [-0.39, 0.29) is 12.2 Å². The zero-order valence-electron chi connectivity index (χ0n) is 8.08. The van der Waals surface area contributed by atoms with Gasteiger partial charge in [0.15, 0.2) is 5.78 Å². The number of carbonyl (C=O) groups is 1. The normalized spacial score (nSPS) is 10.4. The third kappa shape index (κ3) is 2.40. The molecule has 0 aliphatic rings. The van der Waals surface area contributed by atoms with Crippen LogP contribution in [0, 0.1) is 0 Å². The summed E-state index contributed by atoms with van der Waals surface area (Å²) in [6.07, 6.45) is 1.77. The van der Waals surface area contributed by atoms with E-state index in [2.05, 4.69) is 15.4 Å². The highest BCUT2D eigenvalue weighted by Gasteiger charge is 2.10. The number of carbonyl (C=O) groups excluding carboxylic acids is 1. The van der Waals surface area contributed by atoms with Crippen molar-refractivity contribution in [1.82, 2.24) is 15.4 Å². The highest BCUT2D eigenvalue weighted by molar-refractivity contribution is 6.42. The lowest BCUT2D eigenvalue weighted by Gasteiger charge is -2.00. The van der Waals surface area contributed by atoms with E-state index in [0.717, 1.165) is 0 Å². The number of benzene rings is 1. The van der Waals surface area contributed by atoms with Gasteiger partial charge in [-0.2, -0.15) is 0 Å². The van der Waals surface area contributed by atoms with Crippen molar-refractivity contribution in [3.63, 3.8) is 0 Å². The van der Waals surface area contributed by atoms with E-state index < -0.39 is 0 Å². The molecule has 0 saturated heterocycles. The molecule has 0 aliphatic heterocycles. The van der Waals surface area contributed by atoms with Crippen LogP contribution in [0.5, 0.6) is 0 Å². The molecular weight excluding hydrogens is 249 g/mol. The molecule has 0 amide bonds. The summed E-state index contributed by atoms with van der Waals surface area (Å²) >= 11 is 11.6. The first-order chi connectivity index (χ1) is 7.66. The molecule has 0 fully saturated rings. The van der Waals surface area contributed by atoms with Crippen molar-refractivity contribution in [2.45, 2.75) is 6.42 Å². The van der Waals surface area contributed by atoms with Crippen LogP contribution < -0.4 is 0 Å². The molecule has 82 valence electrons. The number of rotatable bonds is 3. The zero-order valence-corrected chi connectivity index (χ0v) is 9.59. The van der Waals surface area contributed by atoms with Gasteiger partial charge in [0.2, 0.25) is 0 Å². The number of Topliss-reactive ketones (excluding diaryl/α,β-unsaturated/α-hetero) is 1. The minimum atomic E-state index is -0.0764. The predicted molar refractivity (Wildman–Crippen MR) is 60.9 cm³/mol. The molecule has 0 aliphatic carbocycles. The van der Waals surface area contributed by atoms with Crippen LogP contribution in [0.25, 0.3) is 0 Å². The van der Waals surface area contributed by atoms with Gasteiger partial charge >= 0.3 is 0 Å². The second kappa shape index (κ2) is 4.63. The van der Waals surface area contributed by atoms with E-state index in [0.29, 0.717) is 21.3 Å². The van der Waals surface area contributed by atoms with Crippen molar-refractivity contribution in [2.24, 2.45) is 0 Å². The fourth-order valence-electron chi connectivity index (χ4n) is 1.25. The molecule has 1 aromatic carbocycles. The summed E-state index contributed by atoms with van der Waals surface area (Å²) in [5, 5.41) is 10.6. The van der Waals surface area contributed by atoms with Gasteiger partial charge in [-0.15, -0.1) is 5.10 Å². The van der Waals surface area contributed by atoms with Crippen LogP contribution in [0.1, 0.15) is 16.1 Å². The molecule has 16 heavy (non-hydrogen) atoms. The molecule has 0 radical (unpaired) electrons. The molecule has 2 aromatic rings. The fourth-order valence-corrected chi connectivity index (χ4v) is 1.55. The van der Waals surface area contributed by atoms with Crippen molar-refractivity contribution < 1.29 is 4.79 Å². The molecule has 2 rings (SSSR count). The van der Waals surface area contributed by atoms with Gasteiger partial charge in [0, 0.05) is 11.8 Å². The van der Waals surface area contributed by atoms with Crippen LogP contribution in [-0.2, 0) is 6.42 Å². The predicted octanol–water partition coefficient (Wildman–Crippen LogP) is 2.54. The molecule has 1 N–H and O–H groups in total. The minimum absolute atomic E-state index is 0.0764. The standard InChI is InChI=1S/C10H7Cl2N3O/c11-8-2-1-6(3-9(8)12)10(16)4-7-5-13-15-14-7/h1-3,5H,4H2,(H,13,14,15). The van der Waals surface area contributed by atoms with E-state index in [9.17, 15) is 4.79 Å². The second-order valence-electron chi connectivity index (χ2n) is 3.19. The summed E-state index contributed by atoms with van der Waals surface area (Å²) in [5.74, 6) is -0.0764. The number of aromatic nitrogens is 3. The van der Waals surface area contributed by atoms with E-state index in [1.807, 2.05) is 0 Å². The Bertz CT molecular complexity index is 511. The number of hydrogen-bond donors (Lipinski definition) is 1. The zero-order chi connectivity index (χ0) is 11.5. The number of nitrogens with one attached hydrogen (secondary N) is 1. The average Bonchev–Trinajstić information content (AvgIpc) is 2.74. The van der Waals surface area contributed by atoms with E-state index in [4.69, 9.17) is 23.2 Å². The van der Waals surface area contributed by atoms with Gasteiger partial charge in [-0.1, -0.05) is 28.4 Å². The fraction of sp³-hybridized carbons (Fsp3) is 0.100. The van der Waals surface area contributed by atoms with Gasteiger partial charge in [0.1, 0.15) is 0 Å². The summed E-state index contributed by atoms with van der Waals surface area (Å²) in [6, 6.07) is 4.78. The number of nitrogens with zero attached hydrogens (tertiary/aromatic N) is 2. The molecule has 0 saturated carbocycles. The molecular formula is C10H7Cl2N3O. The molecule has 0 unspecified atom stereocenters. The summed E-state index contributed by atoms with van der Waals surface area (Å²) in [7, 11) is 0. The van der Waals surface area contributed by atoms with Gasteiger partial charge in [-0.25, -0.2) is 0 Å². The maximum Gasteiger partial charge on any atom is 0.168 e. The SMILES string of the molecule is O=C(Cc1c[nH]nn1)c1ccc(Cl)c(Cl)c1. The maximum absolute atomic E-state index is 11.8. The second-order valence-corrected chi connectivity index (χ2v) is 4.01. The third-order valence-electron chi connectivity index (χ3n) is 2.05. The first-order valence-electron chi connectivity index (χ1n) is 4.50. The lowest BCUT2D eigenvalue weighted by atomic mass is 10.1. The molecule has 0 bridgehead atoms. The van der Waals surface area contributed by atoms with E-state index in [1.54, 1.807) is 24.4 Å². The van der Waals surface area contributed by atoms with Crippen molar-refractivity contribution in [2.75, 3.05) is 0 Å². The summed E-state index contributed by atoms with van der Waals surface area (Å²) in [5.41, 5.74) is 1.11. The third-order valence-corrected chi connectivity index (χ3v) is 2.79. The average molecular weight is 256 g/mol. The van der Waals surface area contributed by atoms with Crippen molar-refractivity contribution >= 4 is 29.0 Å². The highest BCUT2D eigenvalue weighted by atomic mass is 35.5. The number of halogens is 2. The summed E-state index contributed by atoms with van der Waals surface area (Å²) in [6.45, 7) is 0. The Morgan fingerprint density at radius 3 is 2.75 bits per heavy atom. The van der Waals surface area contributed by atoms with Crippen LogP contribution in [0.4, 0.5) is 0 Å². The molecule has 6 heteroatoms. The Labute approximate surface area is 102 Å². The highest BCUT2D eigenvalue weighted by Crippen LogP contribution is 2.23. The Morgan fingerprint density at radius 2 is 2.12 bits per heavy atom. The quantitative estimate of drug-likeness (QED) is 0.858. The van der Waals surface area contributed by atoms with Crippen LogP contribution >= 0.6 is 23.2 Å². The Hall–Kier alpha value is -1.39. The van der Waals surface area contributed by atoms with Crippen LogP contribution in [0.2, 0.25) is 10.0 Å². The maximum atomic E-state index is 11.8. The van der Waals surface area contributed by atoms with Gasteiger partial charge in [-0.3, -0.25) is 9.89 Å².